The number of aromatic nitrogens is 3. The molecule has 0 aliphatic carbocycles. The van der Waals surface area contributed by atoms with Crippen LogP contribution < -0.4 is 5.32 Å². The highest BCUT2D eigenvalue weighted by molar-refractivity contribution is 7.98. The van der Waals surface area contributed by atoms with E-state index in [-0.39, 0.29) is 5.91 Å². The Kier molecular flexibility index (Phi) is 4.68. The average Bonchev–Trinajstić information content (AvgIpc) is 3.03. The molecule has 1 aromatic carbocycles. The van der Waals surface area contributed by atoms with Crippen LogP contribution in [0.3, 0.4) is 0 Å². The van der Waals surface area contributed by atoms with Gasteiger partial charge in [-0.1, -0.05) is 42.1 Å². The number of thioether (sulfide) groups is 1. The number of anilines is 1. The van der Waals surface area contributed by atoms with Crippen molar-refractivity contribution in [1.29, 1.82) is 0 Å². The predicted molar refractivity (Wildman–Crippen MR) is 87.8 cm³/mol. The number of benzene rings is 1. The SMILES string of the molecule is CC(=O)Nc1cc(-c2nnc(SCc3ccccc3)o2)ccn1. The molecule has 2 aromatic heterocycles. The predicted octanol–water partition coefficient (Wildman–Crippen LogP) is 3.38. The van der Waals surface area contributed by atoms with Crippen LogP contribution in [0, 0.1) is 0 Å². The van der Waals surface area contributed by atoms with Crippen molar-refractivity contribution in [3.05, 3.63) is 54.2 Å². The number of carbonyl (C=O) groups is 1. The molecule has 0 unspecified atom stereocenters. The van der Waals surface area contributed by atoms with E-state index in [1.54, 1.807) is 18.3 Å². The summed E-state index contributed by atoms with van der Waals surface area (Å²) in [4.78, 5) is 15.1. The van der Waals surface area contributed by atoms with Crippen molar-refractivity contribution >= 4 is 23.5 Å². The second-order valence-corrected chi connectivity index (χ2v) is 5.68. The Labute approximate surface area is 137 Å². The van der Waals surface area contributed by atoms with Gasteiger partial charge in [0.15, 0.2) is 0 Å². The second kappa shape index (κ2) is 7.06. The first kappa shape index (κ1) is 15.2. The molecule has 0 aliphatic heterocycles. The first-order chi connectivity index (χ1) is 11.2. The molecule has 116 valence electrons. The summed E-state index contributed by atoms with van der Waals surface area (Å²) in [6.45, 7) is 1.43. The molecular formula is C16H14N4O2S. The lowest BCUT2D eigenvalue weighted by Crippen LogP contribution is -2.07. The molecule has 3 rings (SSSR count). The van der Waals surface area contributed by atoms with E-state index in [0.29, 0.717) is 22.5 Å². The van der Waals surface area contributed by atoms with Crippen molar-refractivity contribution in [2.75, 3.05) is 5.32 Å². The third-order valence-electron chi connectivity index (χ3n) is 2.92. The van der Waals surface area contributed by atoms with Crippen molar-refractivity contribution in [3.8, 4) is 11.5 Å². The molecule has 3 aromatic rings. The molecule has 0 fully saturated rings. The highest BCUT2D eigenvalue weighted by Crippen LogP contribution is 2.26. The number of hydrogen-bond acceptors (Lipinski definition) is 6. The van der Waals surface area contributed by atoms with Gasteiger partial charge in [0.1, 0.15) is 5.82 Å². The Morgan fingerprint density at radius 2 is 2.04 bits per heavy atom. The van der Waals surface area contributed by atoms with Crippen LogP contribution in [0.15, 0.2) is 58.3 Å². The minimum atomic E-state index is -0.181. The van der Waals surface area contributed by atoms with Gasteiger partial charge >= 0.3 is 0 Å². The Balaban J connectivity index is 1.70. The molecule has 1 N–H and O–H groups in total. The Morgan fingerprint density at radius 3 is 2.83 bits per heavy atom. The summed E-state index contributed by atoms with van der Waals surface area (Å²) in [5.74, 6) is 1.43. The fourth-order valence-corrected chi connectivity index (χ4v) is 2.64. The maximum atomic E-state index is 11.1. The van der Waals surface area contributed by atoms with Crippen molar-refractivity contribution in [1.82, 2.24) is 15.2 Å². The zero-order valence-corrected chi connectivity index (χ0v) is 13.2. The highest BCUT2D eigenvalue weighted by atomic mass is 32.2. The standard InChI is InChI=1S/C16H14N4O2S/c1-11(21)18-14-9-13(7-8-17-14)15-19-20-16(22-15)23-10-12-5-3-2-4-6-12/h2-9H,10H2,1H3,(H,17,18,21). The fourth-order valence-electron chi connectivity index (χ4n) is 1.92. The van der Waals surface area contributed by atoms with E-state index in [1.165, 1.54) is 24.2 Å². The zero-order valence-electron chi connectivity index (χ0n) is 12.4. The van der Waals surface area contributed by atoms with E-state index in [9.17, 15) is 4.79 Å². The number of carbonyl (C=O) groups excluding carboxylic acids is 1. The number of amides is 1. The molecule has 0 bridgehead atoms. The first-order valence-corrected chi connectivity index (χ1v) is 7.93. The molecule has 0 aliphatic rings. The number of nitrogens with zero attached hydrogens (tertiary/aromatic N) is 3. The quantitative estimate of drug-likeness (QED) is 0.724. The van der Waals surface area contributed by atoms with Gasteiger partial charge in [-0.25, -0.2) is 4.98 Å². The summed E-state index contributed by atoms with van der Waals surface area (Å²) in [6, 6.07) is 13.5. The van der Waals surface area contributed by atoms with Crippen LogP contribution >= 0.6 is 11.8 Å². The fraction of sp³-hybridized carbons (Fsp3) is 0.125. The largest absolute Gasteiger partial charge is 0.411 e. The third kappa shape index (κ3) is 4.17. The molecular weight excluding hydrogens is 312 g/mol. The van der Waals surface area contributed by atoms with Crippen LogP contribution in [0.25, 0.3) is 11.5 Å². The summed E-state index contributed by atoms with van der Waals surface area (Å²) < 4.78 is 5.65. The summed E-state index contributed by atoms with van der Waals surface area (Å²) in [5, 5.41) is 11.2. The molecule has 1 amide bonds. The zero-order chi connectivity index (χ0) is 16.1. The molecule has 0 saturated heterocycles. The molecule has 0 atom stereocenters. The van der Waals surface area contributed by atoms with Crippen LogP contribution in [0.1, 0.15) is 12.5 Å². The number of rotatable bonds is 5. The monoisotopic (exact) mass is 326 g/mol. The van der Waals surface area contributed by atoms with Gasteiger partial charge in [-0.3, -0.25) is 4.79 Å². The normalized spacial score (nSPS) is 10.5. The van der Waals surface area contributed by atoms with Gasteiger partial charge in [-0.05, 0) is 17.7 Å². The molecule has 2 heterocycles. The summed E-state index contributed by atoms with van der Waals surface area (Å²) in [5.41, 5.74) is 1.90. The van der Waals surface area contributed by atoms with Crippen LogP contribution in [0.2, 0.25) is 0 Å². The third-order valence-corrected chi connectivity index (χ3v) is 3.81. The van der Waals surface area contributed by atoms with Crippen molar-refractivity contribution in [2.45, 2.75) is 17.9 Å². The maximum absolute atomic E-state index is 11.1. The summed E-state index contributed by atoms with van der Waals surface area (Å²) in [6.07, 6.45) is 1.58. The van der Waals surface area contributed by atoms with Crippen molar-refractivity contribution in [3.63, 3.8) is 0 Å². The van der Waals surface area contributed by atoms with Crippen LogP contribution in [-0.4, -0.2) is 21.1 Å². The van der Waals surface area contributed by atoms with Gasteiger partial charge < -0.3 is 9.73 Å². The average molecular weight is 326 g/mol. The van der Waals surface area contributed by atoms with Crippen molar-refractivity contribution < 1.29 is 9.21 Å². The smallest absolute Gasteiger partial charge is 0.277 e. The van der Waals surface area contributed by atoms with Crippen molar-refractivity contribution in [2.24, 2.45) is 0 Å². The molecule has 0 saturated carbocycles. The van der Waals surface area contributed by atoms with E-state index in [1.807, 2.05) is 30.3 Å². The van der Waals surface area contributed by atoms with Crippen LogP contribution in [0.5, 0.6) is 0 Å². The highest BCUT2D eigenvalue weighted by Gasteiger charge is 2.10. The molecule has 23 heavy (non-hydrogen) atoms. The second-order valence-electron chi connectivity index (χ2n) is 4.76. The Hall–Kier alpha value is -2.67. The molecule has 0 spiro atoms. The van der Waals surface area contributed by atoms with Gasteiger partial charge in [0.2, 0.25) is 11.8 Å². The van der Waals surface area contributed by atoms with E-state index in [0.717, 1.165) is 5.75 Å². The van der Waals surface area contributed by atoms with Gasteiger partial charge in [-0.15, -0.1) is 10.2 Å². The topological polar surface area (TPSA) is 80.9 Å². The van der Waals surface area contributed by atoms with E-state index in [2.05, 4.69) is 20.5 Å². The van der Waals surface area contributed by atoms with E-state index < -0.39 is 0 Å². The summed E-state index contributed by atoms with van der Waals surface area (Å²) in [7, 11) is 0. The van der Waals surface area contributed by atoms with E-state index >= 15 is 0 Å². The lowest BCUT2D eigenvalue weighted by atomic mass is 10.2. The Bertz CT molecular complexity index is 805. The molecule has 6 nitrogen and oxygen atoms in total. The van der Waals surface area contributed by atoms with Crippen LogP contribution in [-0.2, 0) is 10.5 Å². The molecule has 0 radical (unpaired) electrons. The first-order valence-electron chi connectivity index (χ1n) is 6.95. The van der Waals surface area contributed by atoms with Gasteiger partial charge in [0, 0.05) is 24.4 Å². The van der Waals surface area contributed by atoms with Gasteiger partial charge in [-0.2, -0.15) is 0 Å². The van der Waals surface area contributed by atoms with Crippen LogP contribution in [0.4, 0.5) is 5.82 Å². The minimum Gasteiger partial charge on any atom is -0.411 e. The maximum Gasteiger partial charge on any atom is 0.277 e. The van der Waals surface area contributed by atoms with Gasteiger partial charge in [0.25, 0.3) is 5.22 Å². The van der Waals surface area contributed by atoms with E-state index in [4.69, 9.17) is 4.42 Å². The molecule has 7 heteroatoms. The number of nitrogens with one attached hydrogen (secondary N) is 1. The number of pyridine rings is 1. The number of hydrogen-bond donors (Lipinski definition) is 1. The summed E-state index contributed by atoms with van der Waals surface area (Å²) >= 11 is 1.48. The minimum absolute atomic E-state index is 0.181. The van der Waals surface area contributed by atoms with Gasteiger partial charge in [0.05, 0.1) is 0 Å². The Morgan fingerprint density at radius 1 is 1.22 bits per heavy atom. The lowest BCUT2D eigenvalue weighted by molar-refractivity contribution is -0.114. The lowest BCUT2D eigenvalue weighted by Gasteiger charge is -2.01.